The van der Waals surface area contributed by atoms with Crippen molar-refractivity contribution < 1.29 is 9.59 Å². The number of rotatable bonds is 6. The molecule has 0 saturated carbocycles. The van der Waals surface area contributed by atoms with Gasteiger partial charge in [0.25, 0.3) is 5.91 Å². The van der Waals surface area contributed by atoms with Crippen LogP contribution >= 0.6 is 0 Å². The minimum absolute atomic E-state index is 0.00298. The summed E-state index contributed by atoms with van der Waals surface area (Å²) in [4.78, 5) is 26.1. The van der Waals surface area contributed by atoms with E-state index in [-0.39, 0.29) is 17.9 Å². The van der Waals surface area contributed by atoms with E-state index in [0.29, 0.717) is 18.7 Å². The molecular weight excluding hydrogens is 312 g/mol. The monoisotopic (exact) mass is 338 g/mol. The van der Waals surface area contributed by atoms with E-state index < -0.39 is 0 Å². The maximum absolute atomic E-state index is 12.3. The van der Waals surface area contributed by atoms with Gasteiger partial charge in [0, 0.05) is 25.6 Å². The highest BCUT2D eigenvalue weighted by atomic mass is 16.2. The van der Waals surface area contributed by atoms with Crippen LogP contribution in [-0.4, -0.2) is 29.8 Å². The van der Waals surface area contributed by atoms with Gasteiger partial charge in [-0.2, -0.15) is 0 Å². The van der Waals surface area contributed by atoms with Crippen LogP contribution in [0.4, 0.5) is 0 Å². The third-order valence-electron chi connectivity index (χ3n) is 4.56. The van der Waals surface area contributed by atoms with Crippen molar-refractivity contribution in [2.24, 2.45) is 0 Å². The second kappa shape index (κ2) is 8.47. The van der Waals surface area contributed by atoms with Gasteiger partial charge in [-0.1, -0.05) is 36.4 Å². The van der Waals surface area contributed by atoms with Gasteiger partial charge in [-0.05, 0) is 49.6 Å². The van der Waals surface area contributed by atoms with E-state index in [0.717, 1.165) is 16.7 Å². The molecule has 0 aliphatic carbocycles. The molecule has 2 aromatic carbocycles. The van der Waals surface area contributed by atoms with Gasteiger partial charge in [-0.15, -0.1) is 0 Å². The van der Waals surface area contributed by atoms with Crippen molar-refractivity contribution in [2.75, 3.05) is 13.1 Å². The van der Waals surface area contributed by atoms with Crippen molar-refractivity contribution in [3.63, 3.8) is 0 Å². The van der Waals surface area contributed by atoms with Gasteiger partial charge in [0.15, 0.2) is 0 Å². The summed E-state index contributed by atoms with van der Waals surface area (Å²) >= 11 is 0. The van der Waals surface area contributed by atoms with Gasteiger partial charge >= 0.3 is 0 Å². The first-order valence-electron chi connectivity index (χ1n) is 8.57. The van der Waals surface area contributed by atoms with Gasteiger partial charge < -0.3 is 10.2 Å². The Hall–Kier alpha value is -2.62. The van der Waals surface area contributed by atoms with Crippen LogP contribution in [0.1, 0.15) is 46.9 Å². The Morgan fingerprint density at radius 1 is 1.04 bits per heavy atom. The normalized spacial score (nSPS) is 11.7. The van der Waals surface area contributed by atoms with Crippen LogP contribution in [0.25, 0.3) is 0 Å². The molecule has 0 saturated heterocycles. The molecule has 0 fully saturated rings. The lowest BCUT2D eigenvalue weighted by atomic mass is 10.1. The van der Waals surface area contributed by atoms with Crippen molar-refractivity contribution in [2.45, 2.75) is 33.7 Å². The number of aryl methyl sites for hydroxylation is 2. The lowest BCUT2D eigenvalue weighted by Gasteiger charge is -2.28. The fraction of sp³-hybridized carbons (Fsp3) is 0.333. The zero-order valence-electron chi connectivity index (χ0n) is 15.4. The highest BCUT2D eigenvalue weighted by Gasteiger charge is 2.18. The number of hydrogen-bond acceptors (Lipinski definition) is 2. The Kier molecular flexibility index (Phi) is 6.34. The maximum atomic E-state index is 12.3. The van der Waals surface area contributed by atoms with E-state index in [2.05, 4.69) is 5.32 Å². The molecule has 25 heavy (non-hydrogen) atoms. The summed E-state index contributed by atoms with van der Waals surface area (Å²) in [6.07, 6.45) is 0. The maximum Gasteiger partial charge on any atom is 0.251 e. The highest BCUT2D eigenvalue weighted by Crippen LogP contribution is 2.19. The Morgan fingerprint density at radius 2 is 1.72 bits per heavy atom. The Morgan fingerprint density at radius 3 is 2.32 bits per heavy atom. The number of amides is 2. The molecule has 2 amide bonds. The average Bonchev–Trinajstić information content (AvgIpc) is 2.60. The molecule has 0 bridgehead atoms. The van der Waals surface area contributed by atoms with Crippen molar-refractivity contribution >= 4 is 11.8 Å². The zero-order chi connectivity index (χ0) is 18.4. The molecule has 1 N–H and O–H groups in total. The van der Waals surface area contributed by atoms with Crippen molar-refractivity contribution in [1.29, 1.82) is 0 Å². The number of nitrogens with one attached hydrogen (secondary N) is 1. The fourth-order valence-corrected chi connectivity index (χ4v) is 2.81. The first kappa shape index (κ1) is 18.7. The minimum Gasteiger partial charge on any atom is -0.350 e. The van der Waals surface area contributed by atoms with E-state index in [1.54, 1.807) is 11.8 Å². The van der Waals surface area contributed by atoms with Crippen LogP contribution in [0.5, 0.6) is 0 Å². The summed E-state index contributed by atoms with van der Waals surface area (Å²) in [5, 5.41) is 2.90. The lowest BCUT2D eigenvalue weighted by Crippen LogP contribution is -2.39. The smallest absolute Gasteiger partial charge is 0.251 e. The molecule has 0 radical (unpaired) electrons. The molecule has 1 unspecified atom stereocenters. The van der Waals surface area contributed by atoms with Crippen molar-refractivity contribution in [3.05, 3.63) is 70.8 Å². The first-order chi connectivity index (χ1) is 11.9. The third-order valence-corrected chi connectivity index (χ3v) is 4.56. The largest absolute Gasteiger partial charge is 0.350 e. The van der Waals surface area contributed by atoms with Crippen LogP contribution < -0.4 is 5.32 Å². The summed E-state index contributed by atoms with van der Waals surface area (Å²) in [6.45, 7) is 8.47. The molecule has 2 aromatic rings. The van der Waals surface area contributed by atoms with E-state index >= 15 is 0 Å². The van der Waals surface area contributed by atoms with Gasteiger partial charge in [0.2, 0.25) is 5.91 Å². The molecule has 2 rings (SSSR count). The fourth-order valence-electron chi connectivity index (χ4n) is 2.81. The number of carbonyl (C=O) groups is 2. The zero-order valence-corrected chi connectivity index (χ0v) is 15.4. The third kappa shape index (κ3) is 4.92. The number of hydrogen-bond donors (Lipinski definition) is 1. The van der Waals surface area contributed by atoms with Crippen molar-refractivity contribution in [3.8, 4) is 0 Å². The highest BCUT2D eigenvalue weighted by molar-refractivity contribution is 5.94. The molecule has 0 aromatic heterocycles. The van der Waals surface area contributed by atoms with Crippen LogP contribution in [0.15, 0.2) is 48.5 Å². The predicted molar refractivity (Wildman–Crippen MR) is 100 cm³/mol. The van der Waals surface area contributed by atoms with Crippen molar-refractivity contribution in [1.82, 2.24) is 10.2 Å². The number of nitrogens with zero attached hydrogens (tertiary/aromatic N) is 1. The van der Waals surface area contributed by atoms with Gasteiger partial charge in [-0.3, -0.25) is 9.59 Å². The second-order valence-electron chi connectivity index (χ2n) is 6.35. The van der Waals surface area contributed by atoms with E-state index in [1.165, 1.54) is 0 Å². The van der Waals surface area contributed by atoms with E-state index in [9.17, 15) is 9.59 Å². The summed E-state index contributed by atoms with van der Waals surface area (Å²) in [6, 6.07) is 15.5. The van der Waals surface area contributed by atoms with Crippen LogP contribution in [0.2, 0.25) is 0 Å². The van der Waals surface area contributed by atoms with Crippen LogP contribution in [0, 0.1) is 13.8 Å². The topological polar surface area (TPSA) is 49.4 Å². The molecule has 4 nitrogen and oxygen atoms in total. The summed E-state index contributed by atoms with van der Waals surface area (Å²) < 4.78 is 0. The molecule has 0 heterocycles. The second-order valence-corrected chi connectivity index (χ2v) is 6.35. The average molecular weight is 338 g/mol. The van der Waals surface area contributed by atoms with Gasteiger partial charge in [0.1, 0.15) is 0 Å². The summed E-state index contributed by atoms with van der Waals surface area (Å²) in [5.41, 5.74) is 3.98. The van der Waals surface area contributed by atoms with Gasteiger partial charge in [-0.25, -0.2) is 0 Å². The first-order valence-corrected chi connectivity index (χ1v) is 8.57. The molecule has 0 aliphatic rings. The minimum atomic E-state index is -0.112. The van der Waals surface area contributed by atoms with Gasteiger partial charge in [0.05, 0.1) is 6.04 Å². The van der Waals surface area contributed by atoms with Crippen LogP contribution in [0.3, 0.4) is 0 Å². The van der Waals surface area contributed by atoms with Crippen LogP contribution in [-0.2, 0) is 4.79 Å². The summed E-state index contributed by atoms with van der Waals surface area (Å²) in [5.74, 6) is -0.115. The molecule has 0 spiro atoms. The number of benzene rings is 2. The Balaban J connectivity index is 1.96. The molecule has 0 aliphatic heterocycles. The molecule has 132 valence electrons. The quantitative estimate of drug-likeness (QED) is 0.874. The Labute approximate surface area is 149 Å². The van der Waals surface area contributed by atoms with E-state index in [4.69, 9.17) is 0 Å². The standard InChI is InChI=1S/C21H26N2O2/c1-15-10-11-20(14-16(15)2)21(25)22-12-13-23(18(4)24)17(3)19-8-6-5-7-9-19/h5-11,14,17H,12-13H2,1-4H3,(H,22,25). The molecule has 4 heteroatoms. The predicted octanol–water partition coefficient (Wildman–Crippen LogP) is 3.64. The number of carbonyl (C=O) groups excluding carboxylic acids is 2. The Bertz CT molecular complexity index is 741. The SMILES string of the molecule is CC(=O)N(CCNC(=O)c1ccc(C)c(C)c1)C(C)c1ccccc1. The van der Waals surface area contributed by atoms with E-state index in [1.807, 2.05) is 69.3 Å². The summed E-state index contributed by atoms with van der Waals surface area (Å²) in [7, 11) is 0. The lowest BCUT2D eigenvalue weighted by molar-refractivity contribution is -0.130. The molecular formula is C21H26N2O2. The molecule has 1 atom stereocenters.